The maximum absolute atomic E-state index is 12.3. The number of aliphatic hydroxyl groups excluding tert-OH is 4. The molecule has 2 fully saturated rings. The Kier molecular flexibility index (Phi) is 7.42. The largest absolute Gasteiger partial charge is 0.388 e. The molecule has 2 aliphatic rings. The van der Waals surface area contributed by atoms with E-state index in [1.54, 1.807) is 0 Å². The van der Waals surface area contributed by atoms with Crippen molar-refractivity contribution in [1.29, 1.82) is 5.26 Å². The smallest absolute Gasteiger partial charge is 0.262 e. The van der Waals surface area contributed by atoms with Gasteiger partial charge in [-0.1, -0.05) is 12.1 Å². The average Bonchev–Trinajstić information content (AvgIpc) is 2.78. The van der Waals surface area contributed by atoms with Gasteiger partial charge in [0.2, 0.25) is 0 Å². The number of nitrogens with zero attached hydrogens (tertiary/aromatic N) is 2. The number of benzene rings is 1. The number of rotatable bonds is 5. The minimum atomic E-state index is -1.69. The van der Waals surface area contributed by atoms with Crippen LogP contribution in [-0.4, -0.2) is 76.7 Å². The molecule has 9 nitrogen and oxygen atoms in total. The molecular formula is C21H27N3O6. The molecule has 0 radical (unpaired) electrons. The Bertz CT molecular complexity index is 800. The molecule has 0 aliphatic carbocycles. The summed E-state index contributed by atoms with van der Waals surface area (Å²) in [5, 5.41) is 50.4. The topological polar surface area (TPSA) is 146 Å². The van der Waals surface area contributed by atoms with Crippen LogP contribution in [0.4, 0.5) is 5.69 Å². The highest BCUT2D eigenvalue weighted by Gasteiger charge is 2.42. The van der Waals surface area contributed by atoms with E-state index in [1.165, 1.54) is 25.3 Å². The third-order valence-electron chi connectivity index (χ3n) is 5.44. The zero-order valence-electron chi connectivity index (χ0n) is 16.5. The van der Waals surface area contributed by atoms with Gasteiger partial charge >= 0.3 is 0 Å². The number of amides is 1. The molecule has 0 saturated carbocycles. The summed E-state index contributed by atoms with van der Waals surface area (Å²) in [4.78, 5) is 14.7. The van der Waals surface area contributed by atoms with E-state index in [0.717, 1.165) is 18.8 Å². The molecule has 9 heteroatoms. The van der Waals surface area contributed by atoms with Crippen LogP contribution in [0.5, 0.6) is 0 Å². The molecule has 0 aromatic heterocycles. The van der Waals surface area contributed by atoms with E-state index in [4.69, 9.17) is 4.74 Å². The number of nitrogens with one attached hydrogen (secondary N) is 1. The lowest BCUT2D eigenvalue weighted by Gasteiger charge is -2.38. The van der Waals surface area contributed by atoms with Crippen molar-refractivity contribution in [2.45, 2.75) is 50.0 Å². The SMILES string of the molecule is N#CC(=Cc1ccc(N2CCCCC2)cc1)C(=O)NCC1OC(O)C(O)C(O)C1O. The van der Waals surface area contributed by atoms with Crippen LogP contribution >= 0.6 is 0 Å². The van der Waals surface area contributed by atoms with Gasteiger partial charge in [0, 0.05) is 25.3 Å². The maximum Gasteiger partial charge on any atom is 0.262 e. The van der Waals surface area contributed by atoms with E-state index in [1.807, 2.05) is 30.3 Å². The Balaban J connectivity index is 1.60. The number of nitriles is 1. The van der Waals surface area contributed by atoms with Crippen LogP contribution in [0.1, 0.15) is 24.8 Å². The first-order valence-electron chi connectivity index (χ1n) is 10.0. The Morgan fingerprint density at radius 3 is 2.40 bits per heavy atom. The van der Waals surface area contributed by atoms with Crippen LogP contribution in [-0.2, 0) is 9.53 Å². The third kappa shape index (κ3) is 5.16. The molecule has 5 N–H and O–H groups in total. The number of hydrogen-bond acceptors (Lipinski definition) is 8. The molecule has 5 unspecified atom stereocenters. The number of carbonyl (C=O) groups excluding carboxylic acids is 1. The normalized spacial score (nSPS) is 29.9. The van der Waals surface area contributed by atoms with Crippen LogP contribution in [0, 0.1) is 11.3 Å². The first-order chi connectivity index (χ1) is 14.4. The van der Waals surface area contributed by atoms with Gasteiger partial charge < -0.3 is 35.4 Å². The van der Waals surface area contributed by atoms with Gasteiger partial charge in [-0.3, -0.25) is 4.79 Å². The molecule has 1 aromatic rings. The molecule has 0 bridgehead atoms. The monoisotopic (exact) mass is 417 g/mol. The standard InChI is InChI=1S/C21H27N3O6/c22-11-14(10-13-4-6-15(7-5-13)24-8-2-1-3-9-24)20(28)23-12-16-17(25)18(26)19(27)21(29)30-16/h4-7,10,16-19,21,25-27,29H,1-3,8-9,12H2,(H,23,28). The van der Waals surface area contributed by atoms with Crippen molar-refractivity contribution in [1.82, 2.24) is 5.32 Å². The highest BCUT2D eigenvalue weighted by atomic mass is 16.6. The minimum absolute atomic E-state index is 0.132. The fourth-order valence-corrected chi connectivity index (χ4v) is 3.64. The van der Waals surface area contributed by atoms with Crippen molar-refractivity contribution in [2.75, 3.05) is 24.5 Å². The second-order valence-electron chi connectivity index (χ2n) is 7.56. The minimum Gasteiger partial charge on any atom is -0.388 e. The van der Waals surface area contributed by atoms with Crippen molar-refractivity contribution in [2.24, 2.45) is 0 Å². The Morgan fingerprint density at radius 2 is 1.77 bits per heavy atom. The lowest BCUT2D eigenvalue weighted by Crippen LogP contribution is -2.60. The van der Waals surface area contributed by atoms with E-state index >= 15 is 0 Å². The summed E-state index contributed by atoms with van der Waals surface area (Å²) in [6.45, 7) is 1.79. The van der Waals surface area contributed by atoms with Crippen molar-refractivity contribution >= 4 is 17.7 Å². The van der Waals surface area contributed by atoms with Gasteiger partial charge in [-0.15, -0.1) is 0 Å². The second-order valence-corrected chi connectivity index (χ2v) is 7.56. The molecule has 0 spiro atoms. The number of ether oxygens (including phenoxy) is 1. The zero-order valence-corrected chi connectivity index (χ0v) is 16.5. The van der Waals surface area contributed by atoms with Gasteiger partial charge in [-0.2, -0.15) is 5.26 Å². The second kappa shape index (κ2) is 10.0. The fraction of sp³-hybridized carbons (Fsp3) is 0.524. The zero-order chi connectivity index (χ0) is 21.7. The number of hydrogen-bond donors (Lipinski definition) is 5. The Labute approximate surface area is 174 Å². The quantitative estimate of drug-likeness (QED) is 0.318. The van der Waals surface area contributed by atoms with E-state index < -0.39 is 36.6 Å². The van der Waals surface area contributed by atoms with Gasteiger partial charge in [0.05, 0.1) is 0 Å². The molecule has 3 rings (SSSR count). The number of carbonyl (C=O) groups is 1. The van der Waals surface area contributed by atoms with Crippen LogP contribution in [0.25, 0.3) is 6.08 Å². The first kappa shape index (κ1) is 22.2. The van der Waals surface area contributed by atoms with Crippen LogP contribution in [0.2, 0.25) is 0 Å². The molecule has 30 heavy (non-hydrogen) atoms. The number of anilines is 1. The Hall–Kier alpha value is -2.48. The first-order valence-corrected chi connectivity index (χ1v) is 10.0. The summed E-state index contributed by atoms with van der Waals surface area (Å²) in [7, 11) is 0. The van der Waals surface area contributed by atoms with Crippen LogP contribution < -0.4 is 10.2 Å². The molecule has 2 saturated heterocycles. The number of aliphatic hydroxyl groups is 4. The molecule has 1 aromatic carbocycles. The van der Waals surface area contributed by atoms with Crippen LogP contribution in [0.3, 0.4) is 0 Å². The lowest BCUT2D eigenvalue weighted by molar-refractivity contribution is -0.280. The summed E-state index contributed by atoms with van der Waals surface area (Å²) in [5.41, 5.74) is 1.68. The highest BCUT2D eigenvalue weighted by molar-refractivity contribution is 6.01. The van der Waals surface area contributed by atoms with Crippen LogP contribution in [0.15, 0.2) is 29.8 Å². The van der Waals surface area contributed by atoms with Gasteiger partial charge in [0.1, 0.15) is 36.1 Å². The summed E-state index contributed by atoms with van der Waals surface area (Å²) in [6.07, 6.45) is -2.52. The molecule has 5 atom stereocenters. The van der Waals surface area contributed by atoms with Crippen molar-refractivity contribution in [3.63, 3.8) is 0 Å². The van der Waals surface area contributed by atoms with Gasteiger partial charge in [0.25, 0.3) is 5.91 Å². The molecule has 1 amide bonds. The average molecular weight is 417 g/mol. The lowest BCUT2D eigenvalue weighted by atomic mass is 9.99. The molecule has 2 aliphatic heterocycles. The number of piperidine rings is 1. The van der Waals surface area contributed by atoms with Gasteiger partial charge in [-0.05, 0) is 43.0 Å². The summed E-state index contributed by atoms with van der Waals surface area (Å²) in [5.74, 6) is -0.677. The highest BCUT2D eigenvalue weighted by Crippen LogP contribution is 2.22. The Morgan fingerprint density at radius 1 is 1.10 bits per heavy atom. The van der Waals surface area contributed by atoms with Gasteiger partial charge in [0.15, 0.2) is 6.29 Å². The van der Waals surface area contributed by atoms with Crippen molar-refractivity contribution in [3.05, 3.63) is 35.4 Å². The third-order valence-corrected chi connectivity index (χ3v) is 5.44. The summed E-state index contributed by atoms with van der Waals surface area (Å²) in [6, 6.07) is 9.46. The van der Waals surface area contributed by atoms with E-state index in [0.29, 0.717) is 5.56 Å². The molecule has 2 heterocycles. The predicted molar refractivity (Wildman–Crippen MR) is 108 cm³/mol. The van der Waals surface area contributed by atoms with E-state index in [9.17, 15) is 30.5 Å². The summed E-state index contributed by atoms with van der Waals surface area (Å²) >= 11 is 0. The van der Waals surface area contributed by atoms with Gasteiger partial charge in [-0.25, -0.2) is 0 Å². The fourth-order valence-electron chi connectivity index (χ4n) is 3.64. The molecular weight excluding hydrogens is 390 g/mol. The molecule has 162 valence electrons. The van der Waals surface area contributed by atoms with E-state index in [-0.39, 0.29) is 12.1 Å². The van der Waals surface area contributed by atoms with Crippen molar-refractivity contribution < 1.29 is 30.0 Å². The van der Waals surface area contributed by atoms with Crippen molar-refractivity contribution in [3.8, 4) is 6.07 Å². The van der Waals surface area contributed by atoms with E-state index in [2.05, 4.69) is 10.2 Å². The predicted octanol–water partition coefficient (Wildman–Crippen LogP) is -0.500. The maximum atomic E-state index is 12.3. The summed E-state index contributed by atoms with van der Waals surface area (Å²) < 4.78 is 5.01.